The number of nitrogens with two attached hydrogens (primary N) is 1. The lowest BCUT2D eigenvalue weighted by Crippen LogP contribution is -2.43. The number of piperazine rings is 1. The highest BCUT2D eigenvalue weighted by Gasteiger charge is 2.09. The third-order valence-electron chi connectivity index (χ3n) is 2.66. The predicted octanol–water partition coefficient (Wildman–Crippen LogP) is -0.0670. The Balaban J connectivity index is 2.16. The maximum atomic E-state index is 10.6. The van der Waals surface area contributed by atoms with E-state index in [0.29, 0.717) is 0 Å². The van der Waals surface area contributed by atoms with Gasteiger partial charge in [-0.15, -0.1) is 0 Å². The zero-order chi connectivity index (χ0) is 12.1. The zero-order valence-corrected chi connectivity index (χ0v) is 9.57. The number of anilines is 1. The highest BCUT2D eigenvalue weighted by atomic mass is 16.1. The molecule has 0 aliphatic carbocycles. The fourth-order valence-corrected chi connectivity index (χ4v) is 1.84. The van der Waals surface area contributed by atoms with Crippen molar-refractivity contribution < 1.29 is 4.79 Å². The van der Waals surface area contributed by atoms with Gasteiger partial charge in [-0.3, -0.25) is 4.79 Å². The molecule has 0 bridgehead atoms. The number of carbonyl (C=O) groups is 1. The molecule has 1 fully saturated rings. The summed E-state index contributed by atoms with van der Waals surface area (Å²) < 4.78 is 0. The van der Waals surface area contributed by atoms with Crippen molar-refractivity contribution in [2.45, 2.75) is 0 Å². The number of primary amides is 1. The van der Waals surface area contributed by atoms with Crippen LogP contribution < -0.4 is 16.0 Å². The first-order valence-electron chi connectivity index (χ1n) is 5.63. The molecule has 4 heteroatoms. The lowest BCUT2D eigenvalue weighted by atomic mass is 10.2. The first-order valence-corrected chi connectivity index (χ1v) is 5.63. The van der Waals surface area contributed by atoms with Crippen molar-refractivity contribution in [2.75, 3.05) is 31.1 Å². The summed E-state index contributed by atoms with van der Waals surface area (Å²) in [6, 6.07) is 7.87. The van der Waals surface area contributed by atoms with E-state index >= 15 is 0 Å². The van der Waals surface area contributed by atoms with Gasteiger partial charge in [-0.2, -0.15) is 0 Å². The molecule has 17 heavy (non-hydrogen) atoms. The second-order valence-corrected chi connectivity index (χ2v) is 3.90. The summed E-state index contributed by atoms with van der Waals surface area (Å²) >= 11 is 0. The summed E-state index contributed by atoms with van der Waals surface area (Å²) in [5.74, 6) is 4.51. The molecule has 1 heterocycles. The molecular formula is C13H15N3O. The number of nitrogens with one attached hydrogen (secondary N) is 1. The van der Waals surface area contributed by atoms with Gasteiger partial charge in [0.2, 0.25) is 0 Å². The Morgan fingerprint density at radius 1 is 1.35 bits per heavy atom. The maximum Gasteiger partial charge on any atom is 0.293 e. The lowest BCUT2D eigenvalue weighted by molar-refractivity contribution is -0.112. The molecule has 0 saturated carbocycles. The molecule has 0 aromatic heterocycles. The van der Waals surface area contributed by atoms with Crippen molar-refractivity contribution in [1.29, 1.82) is 0 Å². The Morgan fingerprint density at radius 3 is 2.82 bits per heavy atom. The van der Waals surface area contributed by atoms with Crippen molar-refractivity contribution >= 4 is 11.6 Å². The average Bonchev–Trinajstić information content (AvgIpc) is 2.38. The third-order valence-corrected chi connectivity index (χ3v) is 2.66. The van der Waals surface area contributed by atoms with Crippen LogP contribution in [0.5, 0.6) is 0 Å². The van der Waals surface area contributed by atoms with Crippen LogP contribution in [0.15, 0.2) is 24.3 Å². The van der Waals surface area contributed by atoms with Crippen LogP contribution in [0.2, 0.25) is 0 Å². The number of nitrogens with zero attached hydrogens (tertiary/aromatic N) is 1. The molecule has 1 aromatic rings. The number of hydrogen-bond acceptors (Lipinski definition) is 3. The number of benzene rings is 1. The lowest BCUT2D eigenvalue weighted by Gasteiger charge is -2.29. The minimum Gasteiger partial charge on any atom is -0.369 e. The molecular weight excluding hydrogens is 214 g/mol. The Kier molecular flexibility index (Phi) is 3.63. The Labute approximate surface area is 101 Å². The Hall–Kier alpha value is -1.99. The molecule has 4 nitrogen and oxygen atoms in total. The van der Waals surface area contributed by atoms with E-state index in [1.165, 1.54) is 0 Å². The largest absolute Gasteiger partial charge is 0.369 e. The summed E-state index contributed by atoms with van der Waals surface area (Å²) in [5.41, 5.74) is 6.95. The molecule has 1 aliphatic rings. The predicted molar refractivity (Wildman–Crippen MR) is 67.6 cm³/mol. The van der Waals surface area contributed by atoms with Gasteiger partial charge in [0, 0.05) is 37.4 Å². The topological polar surface area (TPSA) is 58.4 Å². The zero-order valence-electron chi connectivity index (χ0n) is 9.57. The molecule has 1 saturated heterocycles. The molecule has 0 atom stereocenters. The van der Waals surface area contributed by atoms with E-state index in [2.05, 4.69) is 28.1 Å². The van der Waals surface area contributed by atoms with E-state index in [-0.39, 0.29) is 0 Å². The Bertz CT molecular complexity index is 467. The molecule has 88 valence electrons. The van der Waals surface area contributed by atoms with Crippen LogP contribution in [0, 0.1) is 11.8 Å². The minimum atomic E-state index is -0.599. The van der Waals surface area contributed by atoms with Crippen molar-refractivity contribution in [3.05, 3.63) is 29.8 Å². The number of carbonyl (C=O) groups excluding carboxylic acids is 1. The van der Waals surface area contributed by atoms with Gasteiger partial charge in [0.15, 0.2) is 0 Å². The van der Waals surface area contributed by atoms with E-state index < -0.39 is 5.91 Å². The van der Waals surface area contributed by atoms with Crippen molar-refractivity contribution in [2.24, 2.45) is 5.73 Å². The van der Waals surface area contributed by atoms with Crippen molar-refractivity contribution in [3.63, 3.8) is 0 Å². The summed E-state index contributed by atoms with van der Waals surface area (Å²) in [5, 5.41) is 3.31. The minimum absolute atomic E-state index is 0.599. The molecule has 3 N–H and O–H groups in total. The van der Waals surface area contributed by atoms with E-state index in [1.54, 1.807) is 0 Å². The molecule has 2 rings (SSSR count). The van der Waals surface area contributed by atoms with Crippen LogP contribution in [0.1, 0.15) is 5.56 Å². The molecule has 0 radical (unpaired) electrons. The second kappa shape index (κ2) is 5.37. The van der Waals surface area contributed by atoms with Crippen LogP contribution in [0.3, 0.4) is 0 Å². The SMILES string of the molecule is NC(=O)C#Cc1cccc(N2CCNCC2)c1. The van der Waals surface area contributed by atoms with Crippen LogP contribution in [0.25, 0.3) is 0 Å². The molecule has 0 unspecified atom stereocenters. The summed E-state index contributed by atoms with van der Waals surface area (Å²) in [6.45, 7) is 3.98. The van der Waals surface area contributed by atoms with E-state index in [0.717, 1.165) is 37.4 Å². The highest BCUT2D eigenvalue weighted by molar-refractivity contribution is 5.92. The summed E-state index contributed by atoms with van der Waals surface area (Å²) in [7, 11) is 0. The van der Waals surface area contributed by atoms with Crippen LogP contribution >= 0.6 is 0 Å². The van der Waals surface area contributed by atoms with Gasteiger partial charge in [-0.05, 0) is 24.1 Å². The summed E-state index contributed by atoms with van der Waals surface area (Å²) in [4.78, 5) is 12.9. The molecule has 0 spiro atoms. The fourth-order valence-electron chi connectivity index (χ4n) is 1.84. The second-order valence-electron chi connectivity index (χ2n) is 3.90. The van der Waals surface area contributed by atoms with Crippen LogP contribution in [-0.4, -0.2) is 32.1 Å². The Morgan fingerprint density at radius 2 is 2.12 bits per heavy atom. The fraction of sp³-hybridized carbons (Fsp3) is 0.308. The monoisotopic (exact) mass is 229 g/mol. The molecule has 1 aliphatic heterocycles. The van der Waals surface area contributed by atoms with Gasteiger partial charge in [0.1, 0.15) is 0 Å². The maximum absolute atomic E-state index is 10.6. The van der Waals surface area contributed by atoms with Gasteiger partial charge in [-0.25, -0.2) is 0 Å². The summed E-state index contributed by atoms with van der Waals surface area (Å²) in [6.07, 6.45) is 0. The van der Waals surface area contributed by atoms with Crippen molar-refractivity contribution in [1.82, 2.24) is 5.32 Å². The average molecular weight is 229 g/mol. The molecule has 1 aromatic carbocycles. The van der Waals surface area contributed by atoms with Gasteiger partial charge in [0.05, 0.1) is 0 Å². The van der Waals surface area contributed by atoms with Crippen LogP contribution in [0.4, 0.5) is 5.69 Å². The molecule has 1 amide bonds. The van der Waals surface area contributed by atoms with Crippen molar-refractivity contribution in [3.8, 4) is 11.8 Å². The van der Waals surface area contributed by atoms with E-state index in [1.807, 2.05) is 18.2 Å². The standard InChI is InChI=1S/C13H15N3O/c14-13(17)5-4-11-2-1-3-12(10-11)16-8-6-15-7-9-16/h1-3,10,15H,6-9H2,(H2,14,17). The first kappa shape index (κ1) is 11.5. The quantitative estimate of drug-likeness (QED) is 0.663. The number of rotatable bonds is 1. The highest BCUT2D eigenvalue weighted by Crippen LogP contribution is 2.16. The van der Waals surface area contributed by atoms with Gasteiger partial charge in [-0.1, -0.05) is 12.0 Å². The smallest absolute Gasteiger partial charge is 0.293 e. The van der Waals surface area contributed by atoms with E-state index in [4.69, 9.17) is 5.73 Å². The normalized spacial score (nSPS) is 14.9. The number of hydrogen-bond donors (Lipinski definition) is 2. The van der Waals surface area contributed by atoms with Crippen LogP contribution in [-0.2, 0) is 4.79 Å². The van der Waals surface area contributed by atoms with E-state index in [9.17, 15) is 4.79 Å². The number of amides is 1. The van der Waals surface area contributed by atoms with Gasteiger partial charge >= 0.3 is 0 Å². The first-order chi connectivity index (χ1) is 8.25. The van der Waals surface area contributed by atoms with Gasteiger partial charge in [0.25, 0.3) is 5.91 Å². The van der Waals surface area contributed by atoms with Gasteiger partial charge < -0.3 is 16.0 Å². The third kappa shape index (κ3) is 3.23.